The van der Waals surface area contributed by atoms with E-state index in [9.17, 15) is 19.5 Å². The topological polar surface area (TPSA) is 104 Å². The van der Waals surface area contributed by atoms with Crippen molar-refractivity contribution in [2.75, 3.05) is 20.1 Å². The number of aliphatic hydroxyl groups excluding tert-OH is 1. The fourth-order valence-electron chi connectivity index (χ4n) is 5.58. The molecule has 1 aromatic carbocycles. The number of nitrogens with one attached hydrogen (secondary N) is 1. The van der Waals surface area contributed by atoms with Gasteiger partial charge in [-0.25, -0.2) is 4.79 Å². The summed E-state index contributed by atoms with van der Waals surface area (Å²) in [4.78, 5) is 41.1. The van der Waals surface area contributed by atoms with E-state index >= 15 is 0 Å². The van der Waals surface area contributed by atoms with Crippen molar-refractivity contribution in [2.24, 2.45) is 0 Å². The zero-order valence-electron chi connectivity index (χ0n) is 20.9. The van der Waals surface area contributed by atoms with Gasteiger partial charge in [-0.1, -0.05) is 18.2 Å². The molecule has 2 bridgehead atoms. The first-order valence-electron chi connectivity index (χ1n) is 12.4. The number of hydrogen-bond donors (Lipinski definition) is 2. The van der Waals surface area contributed by atoms with Crippen LogP contribution in [0.2, 0.25) is 0 Å². The molecule has 9 nitrogen and oxygen atoms in total. The predicted molar refractivity (Wildman–Crippen MR) is 134 cm³/mol. The van der Waals surface area contributed by atoms with Crippen LogP contribution in [-0.4, -0.2) is 75.8 Å². The van der Waals surface area contributed by atoms with Gasteiger partial charge in [0.25, 0.3) is 5.56 Å². The Balaban J connectivity index is 1.38. The molecule has 2 aromatic rings. The standard InChI is InChI=1S/C26H36N4O5/c1-16(2)30-23-8-6-5-7-18(23)11-24(25(30)33)35-26(34)27-19-12-20-9-10-21(13-19)29(20)15-22(32)14-28(4)17(3)31/h5-8,11,16,19-22,32H,9-10,12-15H2,1-4H3,(H,27,34)/t19-,20-,21+,22-/m0/s1. The molecule has 9 heteroatoms. The lowest BCUT2D eigenvalue weighted by atomic mass is 9.97. The first kappa shape index (κ1) is 25.2. The Labute approximate surface area is 205 Å². The normalized spacial score (nSPS) is 22.9. The number of nitrogens with zero attached hydrogens (tertiary/aromatic N) is 3. The fourth-order valence-corrected chi connectivity index (χ4v) is 5.58. The van der Waals surface area contributed by atoms with Gasteiger partial charge in [-0.2, -0.15) is 0 Å². The quantitative estimate of drug-likeness (QED) is 0.626. The third-order valence-electron chi connectivity index (χ3n) is 7.28. The average molecular weight is 485 g/mol. The van der Waals surface area contributed by atoms with Crippen LogP contribution in [-0.2, 0) is 4.79 Å². The summed E-state index contributed by atoms with van der Waals surface area (Å²) >= 11 is 0. The summed E-state index contributed by atoms with van der Waals surface area (Å²) in [5.74, 6) is -0.0481. The summed E-state index contributed by atoms with van der Waals surface area (Å²) in [7, 11) is 1.69. The zero-order valence-corrected chi connectivity index (χ0v) is 20.9. The second-order valence-electron chi connectivity index (χ2n) is 10.2. The van der Waals surface area contributed by atoms with Crippen LogP contribution < -0.4 is 15.6 Å². The minimum atomic E-state index is -0.617. The lowest BCUT2D eigenvalue weighted by molar-refractivity contribution is -0.129. The number of carbonyl (C=O) groups excluding carboxylic acids is 2. The summed E-state index contributed by atoms with van der Waals surface area (Å²) in [6.07, 6.45) is 2.31. The number of piperidine rings is 1. The maximum atomic E-state index is 13.0. The lowest BCUT2D eigenvalue weighted by Gasteiger charge is -2.40. The van der Waals surface area contributed by atoms with Crippen molar-refractivity contribution in [3.63, 3.8) is 0 Å². The van der Waals surface area contributed by atoms with Crippen molar-refractivity contribution in [3.05, 3.63) is 40.7 Å². The van der Waals surface area contributed by atoms with Gasteiger partial charge in [-0.05, 0) is 51.7 Å². The lowest BCUT2D eigenvalue weighted by Crippen LogP contribution is -2.53. The number of likely N-dealkylation sites (N-methyl/N-ethyl adjacent to an activating group) is 1. The summed E-state index contributed by atoms with van der Waals surface area (Å²) in [6, 6.07) is 9.57. The van der Waals surface area contributed by atoms with Gasteiger partial charge in [0.1, 0.15) is 0 Å². The van der Waals surface area contributed by atoms with Gasteiger partial charge in [0.05, 0.1) is 11.6 Å². The molecule has 0 radical (unpaired) electrons. The number of benzene rings is 1. The summed E-state index contributed by atoms with van der Waals surface area (Å²) in [5, 5.41) is 14.3. The third kappa shape index (κ3) is 5.51. The Morgan fingerprint density at radius 1 is 1.20 bits per heavy atom. The molecule has 0 aliphatic carbocycles. The van der Waals surface area contributed by atoms with E-state index in [1.165, 1.54) is 11.8 Å². The van der Waals surface area contributed by atoms with E-state index in [0.717, 1.165) is 36.6 Å². The van der Waals surface area contributed by atoms with Crippen molar-refractivity contribution in [1.82, 2.24) is 19.7 Å². The molecule has 2 N–H and O–H groups in total. The Morgan fingerprint density at radius 3 is 2.49 bits per heavy atom. The van der Waals surface area contributed by atoms with E-state index in [0.29, 0.717) is 13.1 Å². The van der Waals surface area contributed by atoms with E-state index in [-0.39, 0.29) is 41.4 Å². The summed E-state index contributed by atoms with van der Waals surface area (Å²) < 4.78 is 7.17. The molecule has 1 aromatic heterocycles. The minimum Gasteiger partial charge on any atom is -0.404 e. The van der Waals surface area contributed by atoms with Gasteiger partial charge in [-0.3, -0.25) is 14.5 Å². The predicted octanol–water partition coefficient (Wildman–Crippen LogP) is 2.51. The van der Waals surface area contributed by atoms with Crippen LogP contribution in [0.1, 0.15) is 52.5 Å². The number of fused-ring (bicyclic) bond motifs is 3. The van der Waals surface area contributed by atoms with E-state index in [1.54, 1.807) is 17.7 Å². The van der Waals surface area contributed by atoms with E-state index in [1.807, 2.05) is 38.1 Å². The van der Waals surface area contributed by atoms with Crippen LogP contribution in [0.5, 0.6) is 5.75 Å². The third-order valence-corrected chi connectivity index (χ3v) is 7.28. The molecule has 2 fully saturated rings. The molecule has 0 spiro atoms. The van der Waals surface area contributed by atoms with Crippen LogP contribution in [0.25, 0.3) is 10.9 Å². The number of amides is 2. The molecular formula is C26H36N4O5. The van der Waals surface area contributed by atoms with Gasteiger partial charge < -0.3 is 24.6 Å². The Hall–Kier alpha value is -2.91. The van der Waals surface area contributed by atoms with Gasteiger partial charge in [0, 0.05) is 56.6 Å². The van der Waals surface area contributed by atoms with Crippen LogP contribution in [0, 0.1) is 0 Å². The van der Waals surface area contributed by atoms with Gasteiger partial charge in [0.2, 0.25) is 5.91 Å². The number of carbonyl (C=O) groups is 2. The average Bonchev–Trinajstić information content (AvgIpc) is 3.01. The Morgan fingerprint density at radius 2 is 1.86 bits per heavy atom. The van der Waals surface area contributed by atoms with Crippen molar-refractivity contribution >= 4 is 22.9 Å². The molecule has 4 rings (SSSR count). The maximum absolute atomic E-state index is 13.0. The van der Waals surface area contributed by atoms with Crippen molar-refractivity contribution < 1.29 is 19.4 Å². The first-order valence-corrected chi connectivity index (χ1v) is 12.4. The molecule has 2 saturated heterocycles. The SMILES string of the molecule is CC(=O)N(C)C[C@H](O)CN1[C@@H]2CC[C@H]1C[C@H](NC(=O)Oc1cc3ccccc3n(C(C)C)c1=O)C2. The maximum Gasteiger partial charge on any atom is 0.413 e. The van der Waals surface area contributed by atoms with Gasteiger partial charge in [0.15, 0.2) is 5.75 Å². The molecule has 0 saturated carbocycles. The highest BCUT2D eigenvalue weighted by atomic mass is 16.6. The number of pyridine rings is 1. The van der Waals surface area contributed by atoms with Crippen LogP contribution >= 0.6 is 0 Å². The van der Waals surface area contributed by atoms with E-state index in [2.05, 4.69) is 10.2 Å². The Kier molecular flexibility index (Phi) is 7.47. The molecular weight excluding hydrogens is 448 g/mol. The second kappa shape index (κ2) is 10.4. The number of aliphatic hydroxyl groups is 1. The second-order valence-corrected chi connectivity index (χ2v) is 10.2. The smallest absolute Gasteiger partial charge is 0.404 e. The van der Waals surface area contributed by atoms with Gasteiger partial charge in [-0.15, -0.1) is 0 Å². The molecule has 2 aliphatic heterocycles. The fraction of sp³-hybridized carbons (Fsp3) is 0.577. The van der Waals surface area contributed by atoms with Crippen molar-refractivity contribution in [2.45, 2.75) is 76.7 Å². The number of para-hydroxylation sites is 1. The van der Waals surface area contributed by atoms with Crippen LogP contribution in [0.15, 0.2) is 35.1 Å². The first-order chi connectivity index (χ1) is 16.6. The zero-order chi connectivity index (χ0) is 25.3. The van der Waals surface area contributed by atoms with Crippen LogP contribution in [0.4, 0.5) is 4.79 Å². The number of ether oxygens (including phenoxy) is 1. The number of rotatable bonds is 7. The van der Waals surface area contributed by atoms with Crippen LogP contribution in [0.3, 0.4) is 0 Å². The monoisotopic (exact) mass is 484 g/mol. The van der Waals surface area contributed by atoms with E-state index < -0.39 is 12.2 Å². The number of aromatic nitrogens is 1. The molecule has 35 heavy (non-hydrogen) atoms. The van der Waals surface area contributed by atoms with Gasteiger partial charge >= 0.3 is 6.09 Å². The highest BCUT2D eigenvalue weighted by Gasteiger charge is 2.42. The van der Waals surface area contributed by atoms with Crippen molar-refractivity contribution in [1.29, 1.82) is 0 Å². The molecule has 0 unspecified atom stereocenters. The molecule has 3 heterocycles. The summed E-state index contributed by atoms with van der Waals surface area (Å²) in [6.45, 7) is 6.16. The Bertz CT molecular complexity index is 1130. The largest absolute Gasteiger partial charge is 0.413 e. The van der Waals surface area contributed by atoms with Crippen molar-refractivity contribution in [3.8, 4) is 5.75 Å². The molecule has 190 valence electrons. The highest BCUT2D eigenvalue weighted by Crippen LogP contribution is 2.36. The minimum absolute atomic E-state index is 0.0213. The molecule has 2 aliphatic rings. The molecule has 2 amide bonds. The van der Waals surface area contributed by atoms with E-state index in [4.69, 9.17) is 4.74 Å². The molecule has 4 atom stereocenters. The highest BCUT2D eigenvalue weighted by molar-refractivity contribution is 5.81. The summed E-state index contributed by atoms with van der Waals surface area (Å²) in [5.41, 5.74) is 0.481. The number of hydrogen-bond acceptors (Lipinski definition) is 6.